The van der Waals surface area contributed by atoms with Crippen molar-refractivity contribution in [3.05, 3.63) is 28.8 Å². The highest BCUT2D eigenvalue weighted by atomic mass is 35.5. The first-order chi connectivity index (χ1) is 9.15. The van der Waals surface area contributed by atoms with Crippen LogP contribution >= 0.6 is 11.6 Å². The van der Waals surface area contributed by atoms with Gasteiger partial charge in [-0.1, -0.05) is 17.7 Å². The number of halogens is 1. The molecule has 3 aliphatic carbocycles. The van der Waals surface area contributed by atoms with Crippen LogP contribution in [0.1, 0.15) is 24.8 Å². The van der Waals surface area contributed by atoms with Gasteiger partial charge in [-0.3, -0.25) is 4.79 Å². The Kier molecular flexibility index (Phi) is 2.47. The van der Waals surface area contributed by atoms with Crippen molar-refractivity contribution in [2.45, 2.75) is 26.2 Å². The lowest BCUT2D eigenvalue weighted by atomic mass is 10.0. The van der Waals surface area contributed by atoms with Crippen LogP contribution in [-0.4, -0.2) is 5.91 Å². The molecule has 0 aromatic heterocycles. The van der Waals surface area contributed by atoms with E-state index in [0.717, 1.165) is 23.1 Å². The molecule has 1 aromatic rings. The summed E-state index contributed by atoms with van der Waals surface area (Å²) in [5.74, 6) is 3.57. The number of hydrogen-bond acceptors (Lipinski definition) is 1. The monoisotopic (exact) mass is 275 g/mol. The molecule has 4 unspecified atom stereocenters. The molecular formula is C16H18ClNO. The number of carbonyl (C=O) groups is 1. The highest BCUT2D eigenvalue weighted by Gasteiger charge is 2.67. The number of aryl methyl sites for hydroxylation is 1. The Morgan fingerprint density at radius 1 is 1.26 bits per heavy atom. The molecule has 3 saturated carbocycles. The second kappa shape index (κ2) is 3.99. The SMILES string of the molecule is Cc1ccc(NC(=O)C2C3C4CCC(C4)C23)cc1Cl. The Bertz CT molecular complexity index is 540. The van der Waals surface area contributed by atoms with Gasteiger partial charge in [-0.25, -0.2) is 0 Å². The summed E-state index contributed by atoms with van der Waals surface area (Å²) in [6, 6.07) is 5.74. The third-order valence-corrected chi connectivity index (χ3v) is 5.88. The molecule has 3 fully saturated rings. The van der Waals surface area contributed by atoms with Crippen LogP contribution in [0, 0.1) is 36.5 Å². The van der Waals surface area contributed by atoms with Crippen LogP contribution in [0.25, 0.3) is 0 Å². The van der Waals surface area contributed by atoms with E-state index in [9.17, 15) is 4.79 Å². The fourth-order valence-corrected chi connectivity index (χ4v) is 4.75. The zero-order valence-corrected chi connectivity index (χ0v) is 11.8. The second-order valence-electron chi connectivity index (χ2n) is 6.47. The highest BCUT2D eigenvalue weighted by molar-refractivity contribution is 6.31. The number of benzene rings is 1. The Balaban J connectivity index is 1.47. The minimum Gasteiger partial charge on any atom is -0.326 e. The van der Waals surface area contributed by atoms with E-state index in [4.69, 9.17) is 11.6 Å². The van der Waals surface area contributed by atoms with Gasteiger partial charge in [0.2, 0.25) is 5.91 Å². The summed E-state index contributed by atoms with van der Waals surface area (Å²) >= 11 is 6.09. The van der Waals surface area contributed by atoms with E-state index in [2.05, 4.69) is 5.32 Å². The first-order valence-electron chi connectivity index (χ1n) is 7.22. The van der Waals surface area contributed by atoms with Crippen molar-refractivity contribution in [2.24, 2.45) is 29.6 Å². The molecule has 0 heterocycles. The summed E-state index contributed by atoms with van der Waals surface area (Å²) < 4.78 is 0. The molecule has 3 aliphatic rings. The summed E-state index contributed by atoms with van der Waals surface area (Å²) in [6.45, 7) is 1.97. The number of fused-ring (bicyclic) bond motifs is 5. The van der Waals surface area contributed by atoms with E-state index in [-0.39, 0.29) is 11.8 Å². The third-order valence-electron chi connectivity index (χ3n) is 5.48. The van der Waals surface area contributed by atoms with Crippen LogP contribution in [0.3, 0.4) is 0 Å². The molecule has 1 N–H and O–H groups in total. The van der Waals surface area contributed by atoms with E-state index >= 15 is 0 Å². The summed E-state index contributed by atoms with van der Waals surface area (Å²) in [6.07, 6.45) is 4.09. The minimum absolute atomic E-state index is 0.214. The maximum Gasteiger partial charge on any atom is 0.228 e. The maximum atomic E-state index is 12.3. The second-order valence-corrected chi connectivity index (χ2v) is 6.87. The van der Waals surface area contributed by atoms with Crippen LogP contribution in [-0.2, 0) is 4.79 Å². The van der Waals surface area contributed by atoms with Gasteiger partial charge in [-0.2, -0.15) is 0 Å². The Labute approximate surface area is 118 Å². The van der Waals surface area contributed by atoms with E-state index in [1.807, 2.05) is 25.1 Å². The Morgan fingerprint density at radius 2 is 1.95 bits per heavy atom. The van der Waals surface area contributed by atoms with Crippen LogP contribution in [0.15, 0.2) is 18.2 Å². The van der Waals surface area contributed by atoms with Crippen molar-refractivity contribution >= 4 is 23.2 Å². The van der Waals surface area contributed by atoms with Gasteiger partial charge in [0.1, 0.15) is 0 Å². The molecular weight excluding hydrogens is 258 g/mol. The first kappa shape index (κ1) is 11.8. The molecule has 0 aliphatic heterocycles. The van der Waals surface area contributed by atoms with Crippen molar-refractivity contribution in [1.29, 1.82) is 0 Å². The van der Waals surface area contributed by atoms with Crippen molar-refractivity contribution in [3.8, 4) is 0 Å². The summed E-state index contributed by atoms with van der Waals surface area (Å²) in [4.78, 5) is 12.3. The number of rotatable bonds is 2. The lowest BCUT2D eigenvalue weighted by Crippen LogP contribution is -2.18. The molecule has 3 heteroatoms. The van der Waals surface area contributed by atoms with Crippen molar-refractivity contribution in [2.75, 3.05) is 5.32 Å². The van der Waals surface area contributed by atoms with E-state index in [1.165, 1.54) is 19.3 Å². The highest BCUT2D eigenvalue weighted by Crippen LogP contribution is 2.69. The molecule has 1 aromatic carbocycles. The number of anilines is 1. The predicted octanol–water partition coefficient (Wildman–Crippen LogP) is 3.88. The molecule has 0 saturated heterocycles. The van der Waals surface area contributed by atoms with Gasteiger partial charge >= 0.3 is 0 Å². The average Bonchev–Trinajstić information content (AvgIpc) is 2.83. The Hall–Kier alpha value is -1.02. The van der Waals surface area contributed by atoms with Gasteiger partial charge in [-0.15, -0.1) is 0 Å². The summed E-state index contributed by atoms with van der Waals surface area (Å²) in [7, 11) is 0. The topological polar surface area (TPSA) is 29.1 Å². The van der Waals surface area contributed by atoms with Crippen molar-refractivity contribution in [1.82, 2.24) is 0 Å². The lowest BCUT2D eigenvalue weighted by molar-refractivity contribution is -0.118. The summed E-state index contributed by atoms with van der Waals surface area (Å²) in [5.41, 5.74) is 1.87. The smallest absolute Gasteiger partial charge is 0.228 e. The van der Waals surface area contributed by atoms with Gasteiger partial charge in [0.05, 0.1) is 0 Å². The summed E-state index contributed by atoms with van der Waals surface area (Å²) in [5, 5.41) is 3.76. The van der Waals surface area contributed by atoms with Gasteiger partial charge in [0.15, 0.2) is 0 Å². The first-order valence-corrected chi connectivity index (χ1v) is 7.60. The van der Waals surface area contributed by atoms with E-state index in [1.54, 1.807) is 0 Å². The number of amides is 1. The van der Waals surface area contributed by atoms with Gasteiger partial charge in [0.25, 0.3) is 0 Å². The third kappa shape index (κ3) is 1.73. The molecule has 4 rings (SSSR count). The lowest BCUT2D eigenvalue weighted by Gasteiger charge is -2.10. The van der Waals surface area contributed by atoms with E-state index < -0.39 is 0 Å². The number of carbonyl (C=O) groups excluding carboxylic acids is 1. The number of hydrogen-bond donors (Lipinski definition) is 1. The molecule has 2 bridgehead atoms. The van der Waals surface area contributed by atoms with Gasteiger partial charge in [-0.05, 0) is 67.6 Å². The molecule has 0 radical (unpaired) electrons. The fraction of sp³-hybridized carbons (Fsp3) is 0.562. The van der Waals surface area contributed by atoms with Crippen LogP contribution < -0.4 is 5.32 Å². The quantitative estimate of drug-likeness (QED) is 0.872. The predicted molar refractivity (Wildman–Crippen MR) is 76.1 cm³/mol. The van der Waals surface area contributed by atoms with Gasteiger partial charge in [0, 0.05) is 16.6 Å². The Morgan fingerprint density at radius 3 is 2.58 bits per heavy atom. The molecule has 2 nitrogen and oxygen atoms in total. The zero-order chi connectivity index (χ0) is 13.1. The number of nitrogens with one attached hydrogen (secondary N) is 1. The largest absolute Gasteiger partial charge is 0.326 e. The van der Waals surface area contributed by atoms with Gasteiger partial charge < -0.3 is 5.32 Å². The fourth-order valence-electron chi connectivity index (χ4n) is 4.57. The maximum absolute atomic E-state index is 12.3. The molecule has 100 valence electrons. The molecule has 19 heavy (non-hydrogen) atoms. The normalized spacial score (nSPS) is 38.1. The molecule has 4 atom stereocenters. The molecule has 1 amide bonds. The van der Waals surface area contributed by atoms with Crippen LogP contribution in [0.4, 0.5) is 5.69 Å². The standard InChI is InChI=1S/C16H18ClNO/c1-8-2-5-11(7-12(8)17)18-16(19)15-13-9-3-4-10(6-9)14(13)15/h2,5,7,9-10,13-15H,3-4,6H2,1H3,(H,18,19). The van der Waals surface area contributed by atoms with Crippen LogP contribution in [0.2, 0.25) is 5.02 Å². The minimum atomic E-state index is 0.214. The van der Waals surface area contributed by atoms with Crippen LogP contribution in [0.5, 0.6) is 0 Å². The van der Waals surface area contributed by atoms with E-state index in [0.29, 0.717) is 16.9 Å². The molecule has 0 spiro atoms. The van der Waals surface area contributed by atoms with Crippen molar-refractivity contribution in [3.63, 3.8) is 0 Å². The van der Waals surface area contributed by atoms with Crippen molar-refractivity contribution < 1.29 is 4.79 Å². The average molecular weight is 276 g/mol. The zero-order valence-electron chi connectivity index (χ0n) is 11.0.